The molecule has 6 nitrogen and oxygen atoms in total. The molecule has 0 saturated carbocycles. The molecule has 184 valence electrons. The van der Waals surface area contributed by atoms with Gasteiger partial charge in [0, 0.05) is 14.3 Å². The number of ether oxygens (including phenoxy) is 2. The third kappa shape index (κ3) is 6.30. The van der Waals surface area contributed by atoms with Crippen LogP contribution < -0.4 is 14.9 Å². The lowest BCUT2D eigenvalue weighted by molar-refractivity contribution is 0.230. The number of nitrogens with one attached hydrogen (secondary N) is 1. The van der Waals surface area contributed by atoms with Gasteiger partial charge in [-0.15, -0.1) is 0 Å². The summed E-state index contributed by atoms with van der Waals surface area (Å²) >= 11 is 7.17. The molecule has 0 unspecified atom stereocenters. The van der Waals surface area contributed by atoms with E-state index < -0.39 is 0 Å². The molecule has 4 aromatic rings. The second-order valence-corrected chi connectivity index (χ2v) is 10.1. The van der Waals surface area contributed by atoms with Crippen molar-refractivity contribution in [2.45, 2.75) is 26.9 Å². The molecule has 0 aliphatic heterocycles. The number of methoxy groups -OCH3 is 1. The highest BCUT2D eigenvalue weighted by molar-refractivity contribution is 9.11. The standard InChI is InChI=1S/C28H26Br2N4O2/c1-17(2)36-25-12-9-19(14-26(25)35-4)16-31-34-28(33-27-18(3)13-21(29)15-22(27)30)24-11-10-20-7-5-6-8-23(20)32-24/h5-17H,1-4H3,(H,33,34)/b31-16+. The number of hydrogen-bond acceptors (Lipinski definition) is 5. The minimum absolute atomic E-state index is 0.0506. The van der Waals surface area contributed by atoms with Crippen molar-refractivity contribution in [3.8, 4) is 11.5 Å². The molecular weight excluding hydrogens is 584 g/mol. The molecule has 1 heterocycles. The molecule has 0 amide bonds. The van der Waals surface area contributed by atoms with Crippen molar-refractivity contribution in [1.29, 1.82) is 0 Å². The maximum absolute atomic E-state index is 5.80. The maximum atomic E-state index is 5.80. The predicted octanol–water partition coefficient (Wildman–Crippen LogP) is 7.57. The van der Waals surface area contributed by atoms with E-state index in [1.54, 1.807) is 13.3 Å². The Labute approximate surface area is 227 Å². The molecule has 1 N–H and O–H groups in total. The third-order valence-electron chi connectivity index (χ3n) is 5.22. The van der Waals surface area contributed by atoms with E-state index in [9.17, 15) is 0 Å². The first kappa shape index (κ1) is 25.9. The van der Waals surface area contributed by atoms with Crippen molar-refractivity contribution in [1.82, 2.24) is 10.4 Å². The lowest BCUT2D eigenvalue weighted by Crippen LogP contribution is -2.20. The Morgan fingerprint density at radius 2 is 1.81 bits per heavy atom. The van der Waals surface area contributed by atoms with Gasteiger partial charge in [-0.3, -0.25) is 5.43 Å². The van der Waals surface area contributed by atoms with Crippen LogP contribution in [0.5, 0.6) is 11.5 Å². The van der Waals surface area contributed by atoms with E-state index in [1.165, 1.54) is 0 Å². The van der Waals surface area contributed by atoms with Gasteiger partial charge < -0.3 is 9.47 Å². The number of fused-ring (bicyclic) bond motifs is 1. The highest BCUT2D eigenvalue weighted by atomic mass is 79.9. The Morgan fingerprint density at radius 1 is 1.00 bits per heavy atom. The lowest BCUT2D eigenvalue weighted by Gasteiger charge is -2.13. The second kappa shape index (κ2) is 11.7. The smallest absolute Gasteiger partial charge is 0.173 e. The zero-order valence-electron chi connectivity index (χ0n) is 20.4. The van der Waals surface area contributed by atoms with Crippen LogP contribution in [0.3, 0.4) is 0 Å². The summed E-state index contributed by atoms with van der Waals surface area (Å²) in [6.07, 6.45) is 1.76. The minimum Gasteiger partial charge on any atom is -0.493 e. The van der Waals surface area contributed by atoms with Crippen LogP contribution in [-0.4, -0.2) is 30.2 Å². The molecule has 0 spiro atoms. The fourth-order valence-corrected chi connectivity index (χ4v) is 5.10. The van der Waals surface area contributed by atoms with Crippen molar-refractivity contribution in [3.05, 3.63) is 92.5 Å². The van der Waals surface area contributed by atoms with E-state index in [1.807, 2.05) is 87.5 Å². The summed E-state index contributed by atoms with van der Waals surface area (Å²) in [5, 5.41) is 5.53. The molecule has 0 radical (unpaired) electrons. The summed E-state index contributed by atoms with van der Waals surface area (Å²) in [5.74, 6) is 1.86. The number of halogens is 2. The van der Waals surface area contributed by atoms with Gasteiger partial charge in [0.15, 0.2) is 17.3 Å². The van der Waals surface area contributed by atoms with Gasteiger partial charge in [0.05, 0.1) is 30.6 Å². The van der Waals surface area contributed by atoms with Crippen molar-refractivity contribution in [3.63, 3.8) is 0 Å². The largest absolute Gasteiger partial charge is 0.493 e. The van der Waals surface area contributed by atoms with Crippen LogP contribution in [0.25, 0.3) is 10.9 Å². The highest BCUT2D eigenvalue weighted by Crippen LogP contribution is 2.33. The first-order chi connectivity index (χ1) is 17.3. The van der Waals surface area contributed by atoms with Crippen LogP contribution in [0.1, 0.15) is 30.7 Å². The zero-order chi connectivity index (χ0) is 25.7. The number of rotatable bonds is 7. The molecule has 0 saturated heterocycles. The SMILES string of the molecule is COc1cc(/C=N/NC(=Nc2c(C)cc(Br)cc2Br)c2ccc3ccccc3n2)ccc1OC(C)C. The number of hydrogen-bond donors (Lipinski definition) is 1. The molecule has 4 rings (SSSR count). The van der Waals surface area contributed by atoms with Crippen molar-refractivity contribution in [2.24, 2.45) is 10.1 Å². The van der Waals surface area contributed by atoms with Crippen LogP contribution in [0.15, 0.2) is 85.8 Å². The first-order valence-electron chi connectivity index (χ1n) is 11.4. The summed E-state index contributed by atoms with van der Waals surface area (Å²) in [7, 11) is 1.62. The van der Waals surface area contributed by atoms with Crippen LogP contribution in [0.4, 0.5) is 5.69 Å². The molecule has 8 heteroatoms. The zero-order valence-corrected chi connectivity index (χ0v) is 23.6. The van der Waals surface area contributed by atoms with Crippen molar-refractivity contribution >= 4 is 60.5 Å². The summed E-state index contributed by atoms with van der Waals surface area (Å²) in [4.78, 5) is 9.72. The van der Waals surface area contributed by atoms with Gasteiger partial charge in [0.1, 0.15) is 5.69 Å². The van der Waals surface area contributed by atoms with E-state index in [0.29, 0.717) is 23.0 Å². The van der Waals surface area contributed by atoms with Gasteiger partial charge in [-0.2, -0.15) is 5.10 Å². The number of aromatic nitrogens is 1. The number of pyridine rings is 1. The molecular formula is C28H26Br2N4O2. The Hall–Kier alpha value is -3.23. The third-order valence-corrected chi connectivity index (χ3v) is 6.28. The van der Waals surface area contributed by atoms with Crippen molar-refractivity contribution in [2.75, 3.05) is 7.11 Å². The molecule has 3 aromatic carbocycles. The Balaban J connectivity index is 1.69. The molecule has 0 atom stereocenters. The molecule has 0 bridgehead atoms. The average molecular weight is 610 g/mol. The molecule has 36 heavy (non-hydrogen) atoms. The quantitative estimate of drug-likeness (QED) is 0.133. The Morgan fingerprint density at radius 3 is 2.56 bits per heavy atom. The fourth-order valence-electron chi connectivity index (χ4n) is 3.57. The predicted molar refractivity (Wildman–Crippen MR) is 154 cm³/mol. The molecule has 0 aliphatic carbocycles. The highest BCUT2D eigenvalue weighted by Gasteiger charge is 2.11. The van der Waals surface area contributed by atoms with Crippen LogP contribution >= 0.6 is 31.9 Å². The Bertz CT molecular complexity index is 1430. The number of aryl methyl sites for hydroxylation is 1. The van der Waals surface area contributed by atoms with Gasteiger partial charge in [0.25, 0.3) is 0 Å². The molecule has 1 aromatic heterocycles. The minimum atomic E-state index is 0.0506. The molecule has 0 fully saturated rings. The van der Waals surface area contributed by atoms with E-state index in [2.05, 4.69) is 42.4 Å². The molecule has 0 aliphatic rings. The number of hydrazone groups is 1. The van der Waals surface area contributed by atoms with E-state index in [4.69, 9.17) is 19.5 Å². The van der Waals surface area contributed by atoms with E-state index in [0.717, 1.165) is 36.7 Å². The monoisotopic (exact) mass is 608 g/mol. The van der Waals surface area contributed by atoms with Gasteiger partial charge in [0.2, 0.25) is 0 Å². The number of nitrogens with zero attached hydrogens (tertiary/aromatic N) is 3. The van der Waals surface area contributed by atoms with Crippen LogP contribution in [0, 0.1) is 6.92 Å². The fraction of sp³-hybridized carbons (Fsp3) is 0.179. The number of aliphatic imine (C=N–C) groups is 1. The number of benzene rings is 3. The van der Waals surface area contributed by atoms with E-state index >= 15 is 0 Å². The summed E-state index contributed by atoms with van der Waals surface area (Å²) in [6.45, 7) is 5.97. The average Bonchev–Trinajstić information content (AvgIpc) is 2.85. The van der Waals surface area contributed by atoms with Crippen molar-refractivity contribution < 1.29 is 9.47 Å². The summed E-state index contributed by atoms with van der Waals surface area (Å²) in [6, 6.07) is 21.6. The summed E-state index contributed by atoms with van der Waals surface area (Å²) < 4.78 is 13.1. The summed E-state index contributed by atoms with van der Waals surface area (Å²) in [5.41, 5.74) is 7.31. The normalized spacial score (nSPS) is 11.9. The number of amidine groups is 1. The topological polar surface area (TPSA) is 68.1 Å². The first-order valence-corrected chi connectivity index (χ1v) is 13.0. The second-order valence-electron chi connectivity index (χ2n) is 8.35. The van der Waals surface area contributed by atoms with Gasteiger partial charge >= 0.3 is 0 Å². The van der Waals surface area contributed by atoms with Crippen LogP contribution in [-0.2, 0) is 0 Å². The van der Waals surface area contributed by atoms with Gasteiger partial charge in [-0.25, -0.2) is 9.98 Å². The van der Waals surface area contributed by atoms with Gasteiger partial charge in [-0.1, -0.05) is 40.2 Å². The van der Waals surface area contributed by atoms with E-state index in [-0.39, 0.29) is 6.10 Å². The van der Waals surface area contributed by atoms with Gasteiger partial charge in [-0.05, 0) is 90.3 Å². The Kier molecular flexibility index (Phi) is 8.38. The maximum Gasteiger partial charge on any atom is 0.173 e. The van der Waals surface area contributed by atoms with Crippen LogP contribution in [0.2, 0.25) is 0 Å². The lowest BCUT2D eigenvalue weighted by atomic mass is 10.2. The number of para-hydroxylation sites is 1.